The lowest BCUT2D eigenvalue weighted by Gasteiger charge is -2.38. The number of anilines is 1. The summed E-state index contributed by atoms with van der Waals surface area (Å²) in [4.78, 5) is 52.9. The van der Waals surface area contributed by atoms with Crippen LogP contribution in [0, 0.1) is 6.92 Å². The maximum atomic E-state index is 12.9. The molecule has 1 aliphatic rings. The van der Waals surface area contributed by atoms with E-state index in [1.807, 2.05) is 60.1 Å². The number of likely N-dealkylation sites (N-methyl/N-ethyl adjacent to an activating group) is 1. The summed E-state index contributed by atoms with van der Waals surface area (Å²) in [6.45, 7) is 5.37. The molecule has 5 heterocycles. The topological polar surface area (TPSA) is 203 Å². The lowest BCUT2D eigenvalue weighted by Crippen LogP contribution is -2.46. The second-order valence-electron chi connectivity index (χ2n) is 10.8. The van der Waals surface area contributed by atoms with Crippen molar-refractivity contribution in [3.63, 3.8) is 0 Å². The molecule has 1 amide bonds. The Morgan fingerprint density at radius 3 is 1.85 bits per heavy atom. The SMILES string of the molecule is Cc1ccc(NC(=O)c2ccc3nnc(C4CN(Cc5ccccn5)CCN4C)n3c2)cn1.O=C(O)C(F)(F)F.O=C(O)C(F)(F)F.O=C(O)C(F)(F)F. The first kappa shape index (κ1) is 44.3. The van der Waals surface area contributed by atoms with E-state index < -0.39 is 36.4 Å². The Kier molecular flexibility index (Phi) is 15.3. The third-order valence-electron chi connectivity index (χ3n) is 6.73. The molecule has 1 aliphatic heterocycles. The summed E-state index contributed by atoms with van der Waals surface area (Å²) in [5.74, 6) is -7.65. The van der Waals surface area contributed by atoms with Gasteiger partial charge in [0.1, 0.15) is 0 Å². The highest BCUT2D eigenvalue weighted by Crippen LogP contribution is 2.25. The molecule has 0 spiro atoms. The number of rotatable bonds is 5. The predicted octanol–water partition coefficient (Wildman–Crippen LogP) is 4.47. The number of nitrogens with zero attached hydrogens (tertiary/aromatic N) is 7. The van der Waals surface area contributed by atoms with Gasteiger partial charge in [0, 0.05) is 44.3 Å². The zero-order valence-electron chi connectivity index (χ0n) is 27.7. The highest BCUT2D eigenvalue weighted by Gasteiger charge is 2.39. The van der Waals surface area contributed by atoms with Crippen LogP contribution in [-0.2, 0) is 20.9 Å². The van der Waals surface area contributed by atoms with Gasteiger partial charge in [-0.2, -0.15) is 39.5 Å². The summed E-state index contributed by atoms with van der Waals surface area (Å²) in [6.07, 6.45) is -9.95. The number of aromatic nitrogens is 5. The van der Waals surface area contributed by atoms with Crippen LogP contribution in [0.5, 0.6) is 0 Å². The third-order valence-corrected chi connectivity index (χ3v) is 6.73. The molecule has 1 atom stereocenters. The number of nitrogens with one attached hydrogen (secondary N) is 1. The second-order valence-corrected chi connectivity index (χ2v) is 10.8. The Morgan fingerprint density at radius 2 is 1.37 bits per heavy atom. The molecule has 0 aliphatic carbocycles. The molecule has 15 nitrogen and oxygen atoms in total. The largest absolute Gasteiger partial charge is 0.490 e. The predicted molar refractivity (Wildman–Crippen MR) is 166 cm³/mol. The van der Waals surface area contributed by atoms with Crippen LogP contribution in [0.3, 0.4) is 0 Å². The molecule has 54 heavy (non-hydrogen) atoms. The van der Waals surface area contributed by atoms with Crippen LogP contribution in [0.25, 0.3) is 5.65 Å². The zero-order chi connectivity index (χ0) is 41.0. The highest BCUT2D eigenvalue weighted by atomic mass is 19.4. The molecule has 1 fully saturated rings. The van der Waals surface area contributed by atoms with Crippen molar-refractivity contribution in [3.8, 4) is 0 Å². The van der Waals surface area contributed by atoms with Crippen molar-refractivity contribution in [3.05, 3.63) is 83.8 Å². The fourth-order valence-electron chi connectivity index (χ4n) is 4.09. The van der Waals surface area contributed by atoms with E-state index in [9.17, 15) is 44.3 Å². The molecule has 4 aromatic rings. The normalized spacial score (nSPS) is 15.0. The van der Waals surface area contributed by atoms with E-state index in [4.69, 9.17) is 29.7 Å². The molecule has 4 aromatic heterocycles. The molecule has 0 radical (unpaired) electrons. The Morgan fingerprint density at radius 1 is 0.796 bits per heavy atom. The lowest BCUT2D eigenvalue weighted by molar-refractivity contribution is -0.193. The molecule has 5 rings (SSSR count). The van der Waals surface area contributed by atoms with Crippen molar-refractivity contribution in [2.24, 2.45) is 0 Å². The molecule has 294 valence electrons. The molecule has 24 heteroatoms. The van der Waals surface area contributed by atoms with Gasteiger partial charge in [-0.3, -0.25) is 29.0 Å². The van der Waals surface area contributed by atoms with Gasteiger partial charge in [-0.15, -0.1) is 10.2 Å². The molecule has 0 aromatic carbocycles. The number of carbonyl (C=O) groups excluding carboxylic acids is 1. The van der Waals surface area contributed by atoms with E-state index in [1.54, 1.807) is 12.3 Å². The van der Waals surface area contributed by atoms with Crippen molar-refractivity contribution in [1.29, 1.82) is 0 Å². The quantitative estimate of drug-likeness (QED) is 0.207. The average Bonchev–Trinajstić information content (AvgIpc) is 3.50. The number of carboxylic acids is 3. The summed E-state index contributed by atoms with van der Waals surface area (Å²) >= 11 is 0. The molecule has 0 saturated carbocycles. The van der Waals surface area contributed by atoms with Gasteiger partial charge in [0.15, 0.2) is 11.5 Å². The summed E-state index contributed by atoms with van der Waals surface area (Å²) < 4.78 is 97.1. The number of alkyl halides is 9. The number of pyridine rings is 3. The van der Waals surface area contributed by atoms with Crippen LogP contribution in [0.1, 0.15) is 33.6 Å². The van der Waals surface area contributed by atoms with Gasteiger partial charge in [-0.1, -0.05) is 6.07 Å². The number of hydrogen-bond acceptors (Lipinski definition) is 10. The van der Waals surface area contributed by atoms with Crippen LogP contribution in [0.2, 0.25) is 0 Å². The Bertz CT molecular complexity index is 1810. The standard InChI is InChI=1S/C24H26N8O.3C2HF3O2/c1-17-6-8-19(13-26-17)27-24(33)18-7-9-22-28-29-23(32(22)14-18)21-16-31(12-11-30(21)2)15-20-5-3-4-10-25-20;3*3-2(4,5)1(6)7/h3-10,13-14,21H,11-12,15-16H2,1-2H3,(H,27,33);3*(H,6,7). The van der Waals surface area contributed by atoms with E-state index in [0.29, 0.717) is 16.9 Å². The van der Waals surface area contributed by atoms with Crippen molar-refractivity contribution >= 4 is 35.1 Å². The summed E-state index contributed by atoms with van der Waals surface area (Å²) in [5, 5.41) is 33.1. The number of fused-ring (bicyclic) bond motifs is 1. The first-order chi connectivity index (χ1) is 24.9. The van der Waals surface area contributed by atoms with E-state index >= 15 is 0 Å². The molecular weight excluding hydrogens is 755 g/mol. The van der Waals surface area contributed by atoms with Crippen molar-refractivity contribution in [2.75, 3.05) is 32.0 Å². The first-order valence-corrected chi connectivity index (χ1v) is 14.7. The van der Waals surface area contributed by atoms with E-state index in [1.165, 1.54) is 0 Å². The number of halogens is 9. The maximum absolute atomic E-state index is 12.9. The second kappa shape index (κ2) is 18.7. The Hall–Kier alpha value is -5.91. The Balaban J connectivity index is 0.000000393. The maximum Gasteiger partial charge on any atom is 0.490 e. The van der Waals surface area contributed by atoms with Gasteiger partial charge in [0.2, 0.25) is 0 Å². The van der Waals surface area contributed by atoms with Gasteiger partial charge < -0.3 is 20.6 Å². The molecular formula is C30H29F9N8O7. The number of carbonyl (C=O) groups is 4. The number of piperazine rings is 1. The third kappa shape index (κ3) is 14.3. The average molecular weight is 785 g/mol. The number of aliphatic carboxylic acids is 3. The lowest BCUT2D eigenvalue weighted by atomic mass is 10.1. The molecule has 4 N–H and O–H groups in total. The molecule has 1 unspecified atom stereocenters. The summed E-state index contributed by atoms with van der Waals surface area (Å²) in [7, 11) is 2.10. The fraction of sp³-hybridized carbons (Fsp3) is 0.333. The Labute approximate surface area is 297 Å². The van der Waals surface area contributed by atoms with Gasteiger partial charge >= 0.3 is 36.4 Å². The van der Waals surface area contributed by atoms with E-state index in [2.05, 4.69) is 42.3 Å². The number of amides is 1. The van der Waals surface area contributed by atoms with Gasteiger partial charge in [0.05, 0.1) is 29.2 Å². The van der Waals surface area contributed by atoms with Crippen LogP contribution in [0.15, 0.2) is 61.1 Å². The molecule has 1 saturated heterocycles. The fourth-order valence-corrected chi connectivity index (χ4v) is 4.09. The minimum absolute atomic E-state index is 0.0528. The van der Waals surface area contributed by atoms with Gasteiger partial charge in [0.25, 0.3) is 5.91 Å². The zero-order valence-corrected chi connectivity index (χ0v) is 27.7. The summed E-state index contributed by atoms with van der Waals surface area (Å²) in [6, 6.07) is 13.4. The molecule has 0 bridgehead atoms. The van der Waals surface area contributed by atoms with E-state index in [-0.39, 0.29) is 11.9 Å². The van der Waals surface area contributed by atoms with Crippen molar-refractivity contribution in [2.45, 2.75) is 38.0 Å². The van der Waals surface area contributed by atoms with Crippen LogP contribution < -0.4 is 5.32 Å². The highest BCUT2D eigenvalue weighted by molar-refractivity contribution is 6.04. The van der Waals surface area contributed by atoms with Crippen LogP contribution in [0.4, 0.5) is 45.2 Å². The smallest absolute Gasteiger partial charge is 0.475 e. The van der Waals surface area contributed by atoms with Gasteiger partial charge in [-0.05, 0) is 50.4 Å². The van der Waals surface area contributed by atoms with Crippen LogP contribution in [-0.4, -0.2) is 119 Å². The monoisotopic (exact) mass is 784 g/mol. The van der Waals surface area contributed by atoms with Gasteiger partial charge in [-0.25, -0.2) is 14.4 Å². The van der Waals surface area contributed by atoms with Crippen LogP contribution >= 0.6 is 0 Å². The number of carboxylic acid groups (broad SMARTS) is 3. The van der Waals surface area contributed by atoms with Crippen molar-refractivity contribution < 1.29 is 74.0 Å². The van der Waals surface area contributed by atoms with Crippen molar-refractivity contribution in [1.82, 2.24) is 34.4 Å². The first-order valence-electron chi connectivity index (χ1n) is 14.7. The van der Waals surface area contributed by atoms with E-state index in [0.717, 1.165) is 43.4 Å². The minimum Gasteiger partial charge on any atom is -0.475 e. The number of hydrogen-bond donors (Lipinski definition) is 4. The number of aryl methyl sites for hydroxylation is 1. The summed E-state index contributed by atoms with van der Waals surface area (Å²) in [5.41, 5.74) is 3.86. The minimum atomic E-state index is -5.08.